The van der Waals surface area contributed by atoms with Crippen LogP contribution >= 0.6 is 0 Å². The number of rotatable bonds is 7. The zero-order valence-electron chi connectivity index (χ0n) is 14.7. The van der Waals surface area contributed by atoms with Gasteiger partial charge in [-0.15, -0.1) is 0 Å². The number of fused-ring (bicyclic) bond motifs is 1. The van der Waals surface area contributed by atoms with Crippen molar-refractivity contribution < 1.29 is 18.3 Å². The Kier molecular flexibility index (Phi) is 5.54. The van der Waals surface area contributed by atoms with E-state index >= 15 is 0 Å². The fourth-order valence-electron chi connectivity index (χ4n) is 2.87. The summed E-state index contributed by atoms with van der Waals surface area (Å²) >= 11 is 0. The zero-order chi connectivity index (χ0) is 19.4. The summed E-state index contributed by atoms with van der Waals surface area (Å²) in [5.41, 5.74) is 2.19. The van der Waals surface area contributed by atoms with E-state index < -0.39 is 6.61 Å². The maximum Gasteiger partial charge on any atom is 0.387 e. The van der Waals surface area contributed by atoms with Crippen molar-refractivity contribution in [3.63, 3.8) is 0 Å². The lowest BCUT2D eigenvalue weighted by atomic mass is 10.2. The van der Waals surface area contributed by atoms with E-state index in [2.05, 4.69) is 10.1 Å². The van der Waals surface area contributed by atoms with Gasteiger partial charge in [-0.1, -0.05) is 24.3 Å². The molecule has 0 aliphatic rings. The fraction of sp³-hybridized carbons (Fsp3) is 0.263. The number of imidazole rings is 1. The number of benzene rings is 2. The number of nitrogens with one attached hydrogen (secondary N) is 1. The molecule has 0 aliphatic heterocycles. The molecule has 0 saturated carbocycles. The second kappa shape index (κ2) is 8.03. The summed E-state index contributed by atoms with van der Waals surface area (Å²) < 4.78 is 31.6. The SMILES string of the molecule is Cn1c(=O)n(CCC(=O)NCc2ccc(OC(F)F)cc2)c2ccccc21. The van der Waals surface area contributed by atoms with Crippen molar-refractivity contribution >= 4 is 16.9 Å². The number of hydrogen-bond donors (Lipinski definition) is 1. The first kappa shape index (κ1) is 18.6. The Morgan fingerprint density at radius 3 is 2.44 bits per heavy atom. The lowest BCUT2D eigenvalue weighted by Crippen LogP contribution is -2.27. The molecule has 2 aromatic carbocycles. The summed E-state index contributed by atoms with van der Waals surface area (Å²) in [5, 5.41) is 2.75. The predicted molar refractivity (Wildman–Crippen MR) is 96.7 cm³/mol. The number of ether oxygens (including phenoxy) is 1. The monoisotopic (exact) mass is 375 g/mol. The third-order valence-corrected chi connectivity index (χ3v) is 4.25. The molecule has 0 saturated heterocycles. The van der Waals surface area contributed by atoms with Crippen molar-refractivity contribution in [1.29, 1.82) is 0 Å². The van der Waals surface area contributed by atoms with Crippen LogP contribution in [0.25, 0.3) is 11.0 Å². The molecule has 0 fully saturated rings. The Bertz CT molecular complexity index is 994. The minimum atomic E-state index is -2.87. The number of amides is 1. The van der Waals surface area contributed by atoms with Crippen molar-refractivity contribution in [2.45, 2.75) is 26.1 Å². The average molecular weight is 375 g/mol. The van der Waals surface area contributed by atoms with E-state index in [4.69, 9.17) is 0 Å². The minimum absolute atomic E-state index is 0.0652. The Balaban J connectivity index is 1.56. The number of aryl methyl sites for hydroxylation is 2. The van der Waals surface area contributed by atoms with Gasteiger partial charge in [0.1, 0.15) is 5.75 Å². The summed E-state index contributed by atoms with van der Waals surface area (Å²) in [6.45, 7) is -2.33. The van der Waals surface area contributed by atoms with Crippen LogP contribution < -0.4 is 15.7 Å². The summed E-state index contributed by atoms with van der Waals surface area (Å²) in [7, 11) is 1.70. The third-order valence-electron chi connectivity index (χ3n) is 4.25. The first-order valence-electron chi connectivity index (χ1n) is 8.40. The molecule has 0 bridgehead atoms. The Labute approximate surface area is 154 Å². The van der Waals surface area contributed by atoms with Gasteiger partial charge in [0.15, 0.2) is 0 Å². The van der Waals surface area contributed by atoms with Crippen LogP contribution in [0, 0.1) is 0 Å². The highest BCUT2D eigenvalue weighted by Gasteiger charge is 2.11. The van der Waals surface area contributed by atoms with Gasteiger partial charge < -0.3 is 10.1 Å². The van der Waals surface area contributed by atoms with Crippen LogP contribution in [0.5, 0.6) is 5.75 Å². The van der Waals surface area contributed by atoms with Crippen LogP contribution in [0.3, 0.4) is 0 Å². The van der Waals surface area contributed by atoms with Gasteiger partial charge in [0, 0.05) is 26.6 Å². The van der Waals surface area contributed by atoms with Gasteiger partial charge in [0.2, 0.25) is 5.91 Å². The molecule has 1 aromatic heterocycles. The van der Waals surface area contributed by atoms with E-state index in [1.807, 2.05) is 24.3 Å². The average Bonchev–Trinajstić information content (AvgIpc) is 2.90. The number of nitrogens with zero attached hydrogens (tertiary/aromatic N) is 2. The van der Waals surface area contributed by atoms with Crippen molar-refractivity contribution in [2.75, 3.05) is 0 Å². The Morgan fingerprint density at radius 1 is 1.11 bits per heavy atom. The van der Waals surface area contributed by atoms with E-state index in [-0.39, 0.29) is 36.9 Å². The van der Waals surface area contributed by atoms with Crippen molar-refractivity contribution in [3.8, 4) is 5.75 Å². The molecule has 3 rings (SSSR count). The molecule has 142 valence electrons. The van der Waals surface area contributed by atoms with E-state index in [9.17, 15) is 18.4 Å². The van der Waals surface area contributed by atoms with Crippen LogP contribution in [0.15, 0.2) is 53.3 Å². The Morgan fingerprint density at radius 2 is 1.78 bits per heavy atom. The minimum Gasteiger partial charge on any atom is -0.435 e. The summed E-state index contributed by atoms with van der Waals surface area (Å²) in [5.74, 6) is -0.141. The topological polar surface area (TPSA) is 65.3 Å². The number of carbonyl (C=O) groups is 1. The smallest absolute Gasteiger partial charge is 0.387 e. The van der Waals surface area contributed by atoms with Gasteiger partial charge in [-0.2, -0.15) is 8.78 Å². The normalized spacial score (nSPS) is 11.1. The highest BCUT2D eigenvalue weighted by Crippen LogP contribution is 2.15. The van der Waals surface area contributed by atoms with E-state index in [0.29, 0.717) is 0 Å². The van der Waals surface area contributed by atoms with Gasteiger partial charge in [0.25, 0.3) is 0 Å². The maximum atomic E-state index is 12.3. The van der Waals surface area contributed by atoms with E-state index in [1.165, 1.54) is 12.1 Å². The molecular weight excluding hydrogens is 356 g/mol. The zero-order valence-corrected chi connectivity index (χ0v) is 14.7. The first-order chi connectivity index (χ1) is 13.0. The number of halogens is 2. The number of para-hydroxylation sites is 2. The van der Waals surface area contributed by atoms with Gasteiger partial charge in [-0.25, -0.2) is 4.79 Å². The van der Waals surface area contributed by atoms with Gasteiger partial charge >= 0.3 is 12.3 Å². The molecule has 0 aliphatic carbocycles. The molecule has 0 unspecified atom stereocenters. The highest BCUT2D eigenvalue weighted by atomic mass is 19.3. The molecular formula is C19H19F2N3O3. The van der Waals surface area contributed by atoms with Gasteiger partial charge in [0.05, 0.1) is 11.0 Å². The van der Waals surface area contributed by atoms with Crippen LogP contribution in [-0.4, -0.2) is 21.7 Å². The molecule has 0 radical (unpaired) electrons. The number of hydrogen-bond acceptors (Lipinski definition) is 3. The van der Waals surface area contributed by atoms with E-state index in [0.717, 1.165) is 16.6 Å². The van der Waals surface area contributed by atoms with Crippen LogP contribution in [0.1, 0.15) is 12.0 Å². The number of carbonyl (C=O) groups excluding carboxylic acids is 1. The van der Waals surface area contributed by atoms with Gasteiger partial charge in [-0.05, 0) is 29.8 Å². The fourth-order valence-corrected chi connectivity index (χ4v) is 2.87. The van der Waals surface area contributed by atoms with Crippen LogP contribution in [-0.2, 0) is 24.9 Å². The van der Waals surface area contributed by atoms with Crippen LogP contribution in [0.4, 0.5) is 8.78 Å². The molecule has 0 spiro atoms. The highest BCUT2D eigenvalue weighted by molar-refractivity contribution is 5.77. The Hall–Kier alpha value is -3.16. The largest absolute Gasteiger partial charge is 0.435 e. The van der Waals surface area contributed by atoms with Crippen molar-refractivity contribution in [2.24, 2.45) is 7.05 Å². The molecule has 1 amide bonds. The lowest BCUT2D eigenvalue weighted by Gasteiger charge is -2.08. The first-order valence-corrected chi connectivity index (χ1v) is 8.40. The number of aromatic nitrogens is 2. The number of alkyl halides is 2. The third kappa shape index (κ3) is 4.33. The lowest BCUT2D eigenvalue weighted by molar-refractivity contribution is -0.121. The van der Waals surface area contributed by atoms with E-state index in [1.54, 1.807) is 28.3 Å². The van der Waals surface area contributed by atoms with Gasteiger partial charge in [-0.3, -0.25) is 13.9 Å². The summed E-state index contributed by atoms with van der Waals surface area (Å²) in [4.78, 5) is 24.4. The molecule has 1 N–H and O–H groups in total. The maximum absolute atomic E-state index is 12.3. The predicted octanol–water partition coefficient (Wildman–Crippen LogP) is 2.65. The second-order valence-corrected chi connectivity index (χ2v) is 6.03. The van der Waals surface area contributed by atoms with Crippen molar-refractivity contribution in [1.82, 2.24) is 14.5 Å². The molecule has 0 atom stereocenters. The molecule has 8 heteroatoms. The quantitative estimate of drug-likeness (QED) is 0.691. The van der Waals surface area contributed by atoms with Crippen LogP contribution in [0.2, 0.25) is 0 Å². The summed E-state index contributed by atoms with van der Waals surface area (Å²) in [6, 6.07) is 13.5. The standard InChI is InChI=1S/C19H19F2N3O3/c1-23-15-4-2-3-5-16(15)24(19(23)26)11-10-17(25)22-12-13-6-8-14(9-7-13)27-18(20)21/h2-9,18H,10-12H2,1H3,(H,22,25). The van der Waals surface area contributed by atoms with Crippen molar-refractivity contribution in [3.05, 3.63) is 64.6 Å². The second-order valence-electron chi connectivity index (χ2n) is 6.03. The molecule has 27 heavy (non-hydrogen) atoms. The molecule has 1 heterocycles. The molecule has 6 nitrogen and oxygen atoms in total. The summed E-state index contributed by atoms with van der Waals surface area (Å²) in [6.07, 6.45) is 0.153. The molecule has 3 aromatic rings.